The van der Waals surface area contributed by atoms with Crippen LogP contribution in [0.5, 0.6) is 0 Å². The maximum atomic E-state index is 6.06. The van der Waals surface area contributed by atoms with Crippen LogP contribution in [-0.4, -0.2) is 49.8 Å². The van der Waals surface area contributed by atoms with Crippen LogP contribution in [0.2, 0.25) is 0 Å². The molecule has 0 bridgehead atoms. The standard InChI is InChI=1S/C16H30N2O/c1-17-9-3-14-4-10-18(11-5-14)15-6-12-19-16(13-15)7-2-8-16/h14-15,17H,2-13H2,1H3. The molecular formula is C16H30N2O. The summed E-state index contributed by atoms with van der Waals surface area (Å²) in [4.78, 5) is 2.78. The summed E-state index contributed by atoms with van der Waals surface area (Å²) in [5.41, 5.74) is 0.311. The lowest BCUT2D eigenvalue weighted by atomic mass is 9.73. The zero-order valence-electron chi connectivity index (χ0n) is 12.5. The molecule has 0 amide bonds. The van der Waals surface area contributed by atoms with Crippen molar-refractivity contribution in [3.63, 3.8) is 0 Å². The predicted molar refractivity (Wildman–Crippen MR) is 78.4 cm³/mol. The maximum Gasteiger partial charge on any atom is 0.0697 e. The van der Waals surface area contributed by atoms with Gasteiger partial charge in [-0.15, -0.1) is 0 Å². The fraction of sp³-hybridized carbons (Fsp3) is 1.00. The van der Waals surface area contributed by atoms with Crippen LogP contribution in [0.4, 0.5) is 0 Å². The molecule has 1 spiro atoms. The lowest BCUT2D eigenvalue weighted by molar-refractivity contribution is -0.150. The summed E-state index contributed by atoms with van der Waals surface area (Å²) in [6.45, 7) is 4.85. The van der Waals surface area contributed by atoms with Gasteiger partial charge in [-0.05, 0) is 84.0 Å². The van der Waals surface area contributed by atoms with Gasteiger partial charge in [0.1, 0.15) is 0 Å². The van der Waals surface area contributed by atoms with Crippen molar-refractivity contribution in [3.8, 4) is 0 Å². The van der Waals surface area contributed by atoms with Crippen LogP contribution in [0.3, 0.4) is 0 Å². The van der Waals surface area contributed by atoms with E-state index in [1.54, 1.807) is 0 Å². The van der Waals surface area contributed by atoms with Crippen LogP contribution in [0.1, 0.15) is 51.4 Å². The minimum atomic E-state index is 0.311. The first-order valence-corrected chi connectivity index (χ1v) is 8.34. The van der Waals surface area contributed by atoms with Crippen molar-refractivity contribution in [1.82, 2.24) is 10.2 Å². The molecule has 110 valence electrons. The first kappa shape index (κ1) is 13.8. The van der Waals surface area contributed by atoms with Crippen molar-refractivity contribution in [2.75, 3.05) is 33.3 Å². The molecule has 0 radical (unpaired) electrons. The number of likely N-dealkylation sites (tertiary alicyclic amines) is 1. The molecule has 2 aliphatic heterocycles. The van der Waals surface area contributed by atoms with Crippen LogP contribution in [-0.2, 0) is 4.74 Å². The third-order valence-electron chi connectivity index (χ3n) is 5.70. The highest BCUT2D eigenvalue weighted by atomic mass is 16.5. The molecule has 0 aromatic carbocycles. The number of ether oxygens (including phenoxy) is 1. The Kier molecular flexibility index (Phi) is 4.45. The van der Waals surface area contributed by atoms with E-state index in [0.717, 1.165) is 18.6 Å². The van der Waals surface area contributed by atoms with Crippen LogP contribution < -0.4 is 5.32 Å². The summed E-state index contributed by atoms with van der Waals surface area (Å²) in [6.07, 6.45) is 10.8. The van der Waals surface area contributed by atoms with Crippen molar-refractivity contribution in [3.05, 3.63) is 0 Å². The van der Waals surface area contributed by atoms with Gasteiger partial charge in [-0.25, -0.2) is 0 Å². The Labute approximate surface area is 118 Å². The number of piperidine rings is 1. The Bertz CT molecular complexity index is 282. The summed E-state index contributed by atoms with van der Waals surface area (Å²) >= 11 is 0. The summed E-state index contributed by atoms with van der Waals surface area (Å²) in [5, 5.41) is 3.29. The van der Waals surface area contributed by atoms with Crippen molar-refractivity contribution in [2.45, 2.75) is 63.0 Å². The van der Waals surface area contributed by atoms with E-state index in [4.69, 9.17) is 4.74 Å². The molecule has 1 N–H and O–H groups in total. The lowest BCUT2D eigenvalue weighted by Gasteiger charge is -2.50. The third-order valence-corrected chi connectivity index (χ3v) is 5.70. The van der Waals surface area contributed by atoms with Gasteiger partial charge < -0.3 is 15.0 Å². The minimum absolute atomic E-state index is 0.311. The van der Waals surface area contributed by atoms with E-state index in [9.17, 15) is 0 Å². The van der Waals surface area contributed by atoms with E-state index in [1.165, 1.54) is 71.0 Å². The highest BCUT2D eigenvalue weighted by molar-refractivity contribution is 4.97. The van der Waals surface area contributed by atoms with Gasteiger partial charge in [0.15, 0.2) is 0 Å². The largest absolute Gasteiger partial charge is 0.375 e. The second kappa shape index (κ2) is 6.11. The molecule has 3 rings (SSSR count). The van der Waals surface area contributed by atoms with E-state index in [-0.39, 0.29) is 0 Å². The smallest absolute Gasteiger partial charge is 0.0697 e. The highest BCUT2D eigenvalue weighted by Crippen LogP contribution is 2.43. The van der Waals surface area contributed by atoms with E-state index in [2.05, 4.69) is 17.3 Å². The molecular weight excluding hydrogens is 236 g/mol. The number of rotatable bonds is 4. The molecule has 1 unspecified atom stereocenters. The summed E-state index contributed by atoms with van der Waals surface area (Å²) < 4.78 is 6.06. The molecule has 1 atom stereocenters. The molecule has 3 heteroatoms. The van der Waals surface area contributed by atoms with E-state index in [0.29, 0.717) is 5.60 Å². The third kappa shape index (κ3) is 3.14. The minimum Gasteiger partial charge on any atom is -0.375 e. The monoisotopic (exact) mass is 266 g/mol. The Morgan fingerprint density at radius 1 is 1.21 bits per heavy atom. The van der Waals surface area contributed by atoms with Gasteiger partial charge in [0.25, 0.3) is 0 Å². The first-order valence-electron chi connectivity index (χ1n) is 8.34. The second-order valence-electron chi connectivity index (χ2n) is 6.90. The van der Waals surface area contributed by atoms with E-state index in [1.807, 2.05) is 0 Å². The Balaban J connectivity index is 1.45. The van der Waals surface area contributed by atoms with Gasteiger partial charge in [0.2, 0.25) is 0 Å². The van der Waals surface area contributed by atoms with Crippen molar-refractivity contribution >= 4 is 0 Å². The van der Waals surface area contributed by atoms with Crippen LogP contribution >= 0.6 is 0 Å². The quantitative estimate of drug-likeness (QED) is 0.846. The molecule has 1 saturated carbocycles. The number of hydrogen-bond donors (Lipinski definition) is 1. The number of nitrogens with one attached hydrogen (secondary N) is 1. The fourth-order valence-electron chi connectivity index (χ4n) is 4.19. The fourth-order valence-corrected chi connectivity index (χ4v) is 4.19. The molecule has 0 aromatic heterocycles. The normalized spacial score (nSPS) is 32.4. The van der Waals surface area contributed by atoms with Gasteiger partial charge in [-0.1, -0.05) is 0 Å². The maximum absolute atomic E-state index is 6.06. The highest BCUT2D eigenvalue weighted by Gasteiger charge is 2.44. The Morgan fingerprint density at radius 3 is 2.63 bits per heavy atom. The zero-order valence-corrected chi connectivity index (χ0v) is 12.5. The molecule has 1 aliphatic carbocycles. The zero-order chi connectivity index (χ0) is 13.1. The van der Waals surface area contributed by atoms with Gasteiger partial charge in [0.05, 0.1) is 5.60 Å². The number of hydrogen-bond acceptors (Lipinski definition) is 3. The summed E-state index contributed by atoms with van der Waals surface area (Å²) in [6, 6.07) is 0.819. The predicted octanol–water partition coefficient (Wildman–Crippen LogP) is 2.41. The SMILES string of the molecule is CNCCC1CCN(C2CCOC3(CCC3)C2)CC1. The molecule has 3 nitrogen and oxygen atoms in total. The van der Waals surface area contributed by atoms with Crippen molar-refractivity contribution in [2.24, 2.45) is 5.92 Å². The summed E-state index contributed by atoms with van der Waals surface area (Å²) in [5.74, 6) is 0.959. The van der Waals surface area contributed by atoms with Crippen molar-refractivity contribution < 1.29 is 4.74 Å². The molecule has 2 saturated heterocycles. The molecule has 2 heterocycles. The Morgan fingerprint density at radius 2 is 2.00 bits per heavy atom. The molecule has 0 aromatic rings. The van der Waals surface area contributed by atoms with E-state index >= 15 is 0 Å². The first-order chi connectivity index (χ1) is 9.31. The van der Waals surface area contributed by atoms with Crippen LogP contribution in [0.15, 0.2) is 0 Å². The molecule has 3 fully saturated rings. The number of nitrogens with zero attached hydrogens (tertiary/aromatic N) is 1. The molecule has 19 heavy (non-hydrogen) atoms. The van der Waals surface area contributed by atoms with Gasteiger partial charge in [-0.2, -0.15) is 0 Å². The van der Waals surface area contributed by atoms with Crippen molar-refractivity contribution in [1.29, 1.82) is 0 Å². The van der Waals surface area contributed by atoms with Gasteiger partial charge >= 0.3 is 0 Å². The van der Waals surface area contributed by atoms with Crippen LogP contribution in [0.25, 0.3) is 0 Å². The Hall–Kier alpha value is -0.120. The average molecular weight is 266 g/mol. The van der Waals surface area contributed by atoms with Crippen LogP contribution in [0, 0.1) is 5.92 Å². The molecule has 3 aliphatic rings. The summed E-state index contributed by atoms with van der Waals surface area (Å²) in [7, 11) is 2.06. The van der Waals surface area contributed by atoms with Gasteiger partial charge in [0, 0.05) is 12.6 Å². The lowest BCUT2D eigenvalue weighted by Crippen LogP contribution is -2.53. The average Bonchev–Trinajstić information content (AvgIpc) is 2.44. The second-order valence-corrected chi connectivity index (χ2v) is 6.90. The van der Waals surface area contributed by atoms with Gasteiger partial charge in [-0.3, -0.25) is 0 Å². The topological polar surface area (TPSA) is 24.5 Å². The van der Waals surface area contributed by atoms with E-state index < -0.39 is 0 Å².